The highest BCUT2D eigenvalue weighted by Crippen LogP contribution is 2.14. The van der Waals surface area contributed by atoms with Crippen LogP contribution in [-0.2, 0) is 0 Å². The highest BCUT2D eigenvalue weighted by atomic mass is 14.0. The molecule has 0 aliphatic heterocycles. The normalized spacial score (nSPS) is 10.0. The smallest absolute Gasteiger partial charge is 0.0395 e. The van der Waals surface area contributed by atoms with Gasteiger partial charge in [0.2, 0.25) is 0 Å². The first kappa shape index (κ1) is 16.5. The van der Waals surface area contributed by atoms with Crippen LogP contribution in [0.15, 0.2) is 24.3 Å². The summed E-state index contributed by atoms with van der Waals surface area (Å²) in [7, 11) is 0. The molecule has 0 fully saturated rings. The van der Waals surface area contributed by atoms with Crippen molar-refractivity contribution in [2.24, 2.45) is 0 Å². The molecule has 0 aliphatic carbocycles. The molecule has 0 saturated carbocycles. The first-order chi connectivity index (χ1) is 9.22. The lowest BCUT2D eigenvalue weighted by atomic mass is 10.0. The molecule has 0 heterocycles. The molecule has 0 amide bonds. The molecule has 20 heavy (non-hydrogen) atoms. The number of hydrogen-bond acceptors (Lipinski definition) is 0. The average Bonchev–Trinajstić information content (AvgIpc) is 2.35. The molecule has 0 unspecified atom stereocenters. The van der Waals surface area contributed by atoms with Crippen LogP contribution in [0, 0.1) is 55.4 Å². The second-order valence-corrected chi connectivity index (χ2v) is 6.04. The standard InChI is InChI=1S/2C10H14/c2*1-7-5-9(3)10(4)6-8(7)2/h2*5-6H,1-4H3. The molecular weight excluding hydrogens is 240 g/mol. The first-order valence-corrected chi connectivity index (χ1v) is 7.31. The summed E-state index contributed by atoms with van der Waals surface area (Å²) in [5.41, 5.74) is 11.1. The highest BCUT2D eigenvalue weighted by Gasteiger charge is 1.96. The number of rotatable bonds is 0. The Bertz CT molecular complexity index is 448. The molecule has 2 aromatic rings. The van der Waals surface area contributed by atoms with Gasteiger partial charge in [-0.3, -0.25) is 0 Å². The van der Waals surface area contributed by atoms with Crippen molar-refractivity contribution in [3.63, 3.8) is 0 Å². The summed E-state index contributed by atoms with van der Waals surface area (Å²) < 4.78 is 0. The average molecular weight is 268 g/mol. The molecule has 2 rings (SSSR count). The van der Waals surface area contributed by atoms with Crippen molar-refractivity contribution in [1.82, 2.24) is 0 Å². The van der Waals surface area contributed by atoms with Crippen LogP contribution in [0.2, 0.25) is 0 Å². The topological polar surface area (TPSA) is 0 Å². The van der Waals surface area contributed by atoms with Crippen LogP contribution in [-0.4, -0.2) is 0 Å². The third-order valence-electron chi connectivity index (χ3n) is 4.22. The van der Waals surface area contributed by atoms with E-state index in [1.54, 1.807) is 0 Å². The van der Waals surface area contributed by atoms with Gasteiger partial charge >= 0.3 is 0 Å². The molecule has 0 aliphatic rings. The van der Waals surface area contributed by atoms with E-state index < -0.39 is 0 Å². The number of hydrogen-bond donors (Lipinski definition) is 0. The summed E-state index contributed by atoms with van der Waals surface area (Å²) in [5, 5.41) is 0. The third-order valence-corrected chi connectivity index (χ3v) is 4.22. The Morgan fingerprint density at radius 2 is 0.400 bits per heavy atom. The Balaban J connectivity index is 0.000000200. The van der Waals surface area contributed by atoms with E-state index in [4.69, 9.17) is 0 Å². The van der Waals surface area contributed by atoms with Gasteiger partial charge in [-0.2, -0.15) is 0 Å². The zero-order valence-corrected chi connectivity index (χ0v) is 14.3. The minimum Gasteiger partial charge on any atom is -0.0559 e. The van der Waals surface area contributed by atoms with E-state index in [1.807, 2.05) is 0 Å². The van der Waals surface area contributed by atoms with Gasteiger partial charge in [0.1, 0.15) is 0 Å². The second kappa shape index (κ2) is 6.74. The zero-order chi connectivity index (χ0) is 15.4. The molecule has 108 valence electrons. The van der Waals surface area contributed by atoms with Crippen molar-refractivity contribution in [1.29, 1.82) is 0 Å². The summed E-state index contributed by atoms with van der Waals surface area (Å²) in [5.74, 6) is 0. The van der Waals surface area contributed by atoms with Gasteiger partial charge in [-0.05, 0) is 99.9 Å². The van der Waals surface area contributed by atoms with Crippen molar-refractivity contribution < 1.29 is 0 Å². The molecule has 0 bridgehead atoms. The van der Waals surface area contributed by atoms with Gasteiger partial charge in [-0.1, -0.05) is 24.3 Å². The Hall–Kier alpha value is -1.56. The Labute approximate surface area is 124 Å². The fraction of sp³-hybridized carbons (Fsp3) is 0.400. The van der Waals surface area contributed by atoms with Gasteiger partial charge in [-0.25, -0.2) is 0 Å². The van der Waals surface area contributed by atoms with Gasteiger partial charge in [-0.15, -0.1) is 0 Å². The van der Waals surface area contributed by atoms with E-state index in [9.17, 15) is 0 Å². The molecule has 0 saturated heterocycles. The fourth-order valence-electron chi connectivity index (χ4n) is 2.21. The molecular formula is C20H28. The van der Waals surface area contributed by atoms with Crippen molar-refractivity contribution >= 4 is 0 Å². The lowest BCUT2D eigenvalue weighted by molar-refractivity contribution is 1.24. The molecule has 0 heteroatoms. The molecule has 0 nitrogen and oxygen atoms in total. The van der Waals surface area contributed by atoms with Gasteiger partial charge in [0.05, 0.1) is 0 Å². The molecule has 0 spiro atoms. The quantitative estimate of drug-likeness (QED) is 0.563. The summed E-state index contributed by atoms with van der Waals surface area (Å²) in [6.45, 7) is 17.2. The maximum atomic E-state index is 2.24. The van der Waals surface area contributed by atoms with E-state index in [2.05, 4.69) is 79.7 Å². The molecule has 0 atom stereocenters. The minimum atomic E-state index is 1.39. The van der Waals surface area contributed by atoms with E-state index in [0.29, 0.717) is 0 Å². The van der Waals surface area contributed by atoms with E-state index >= 15 is 0 Å². The van der Waals surface area contributed by atoms with Crippen LogP contribution in [0.3, 0.4) is 0 Å². The lowest BCUT2D eigenvalue weighted by Gasteiger charge is -2.04. The Morgan fingerprint density at radius 3 is 0.500 bits per heavy atom. The Kier molecular flexibility index (Phi) is 5.56. The predicted octanol–water partition coefficient (Wildman–Crippen LogP) is 5.84. The van der Waals surface area contributed by atoms with Crippen LogP contribution >= 0.6 is 0 Å². The van der Waals surface area contributed by atoms with Gasteiger partial charge in [0, 0.05) is 0 Å². The number of benzene rings is 2. The van der Waals surface area contributed by atoms with E-state index in [1.165, 1.54) is 44.5 Å². The molecule has 2 aromatic carbocycles. The van der Waals surface area contributed by atoms with Crippen molar-refractivity contribution in [3.8, 4) is 0 Å². The fourth-order valence-corrected chi connectivity index (χ4v) is 2.21. The first-order valence-electron chi connectivity index (χ1n) is 7.31. The van der Waals surface area contributed by atoms with Crippen LogP contribution in [0.1, 0.15) is 44.5 Å². The summed E-state index contributed by atoms with van der Waals surface area (Å²) >= 11 is 0. The summed E-state index contributed by atoms with van der Waals surface area (Å²) in [6.07, 6.45) is 0. The monoisotopic (exact) mass is 268 g/mol. The van der Waals surface area contributed by atoms with Crippen LogP contribution < -0.4 is 0 Å². The molecule has 0 aromatic heterocycles. The largest absolute Gasteiger partial charge is 0.0559 e. The van der Waals surface area contributed by atoms with Crippen LogP contribution in [0.5, 0.6) is 0 Å². The predicted molar refractivity (Wildman–Crippen MR) is 90.8 cm³/mol. The Morgan fingerprint density at radius 1 is 0.300 bits per heavy atom. The number of aryl methyl sites for hydroxylation is 8. The van der Waals surface area contributed by atoms with Crippen molar-refractivity contribution in [2.45, 2.75) is 55.4 Å². The van der Waals surface area contributed by atoms with Crippen LogP contribution in [0.4, 0.5) is 0 Å². The third kappa shape index (κ3) is 4.23. The zero-order valence-electron chi connectivity index (χ0n) is 14.3. The van der Waals surface area contributed by atoms with Gasteiger partial charge < -0.3 is 0 Å². The van der Waals surface area contributed by atoms with E-state index in [0.717, 1.165) is 0 Å². The summed E-state index contributed by atoms with van der Waals surface area (Å²) in [4.78, 5) is 0. The van der Waals surface area contributed by atoms with Crippen molar-refractivity contribution in [3.05, 3.63) is 68.8 Å². The van der Waals surface area contributed by atoms with Crippen molar-refractivity contribution in [2.75, 3.05) is 0 Å². The lowest BCUT2D eigenvalue weighted by Crippen LogP contribution is -1.86. The van der Waals surface area contributed by atoms with Crippen LogP contribution in [0.25, 0.3) is 0 Å². The van der Waals surface area contributed by atoms with Gasteiger partial charge in [0.15, 0.2) is 0 Å². The summed E-state index contributed by atoms with van der Waals surface area (Å²) in [6, 6.07) is 8.96. The van der Waals surface area contributed by atoms with Gasteiger partial charge in [0.25, 0.3) is 0 Å². The second-order valence-electron chi connectivity index (χ2n) is 6.04. The highest BCUT2D eigenvalue weighted by molar-refractivity contribution is 5.36. The minimum absolute atomic E-state index is 1.39. The SMILES string of the molecule is Cc1cc(C)c(C)cc1C.Cc1cc(C)c(C)cc1C. The molecule has 0 radical (unpaired) electrons. The molecule has 0 N–H and O–H groups in total. The van der Waals surface area contributed by atoms with E-state index in [-0.39, 0.29) is 0 Å². The maximum absolute atomic E-state index is 2.24. The maximum Gasteiger partial charge on any atom is -0.0395 e.